The average Bonchev–Trinajstić information content (AvgIpc) is 1.60. The van der Waals surface area contributed by atoms with E-state index >= 15 is 0 Å². The molecule has 0 aliphatic rings. The fraction of sp³-hybridized carbons (Fsp3) is 0.600. The number of nitrogens with two attached hydrogens (primary N) is 1. The van der Waals surface area contributed by atoms with Gasteiger partial charge in [-0.05, 0) is 6.92 Å². The molecule has 0 aromatic heterocycles. The van der Waals surface area contributed by atoms with Crippen LogP contribution in [-0.2, 0) is 10.2 Å². The lowest BCUT2D eigenvalue weighted by molar-refractivity contribution is 0.494. The van der Waals surface area contributed by atoms with E-state index in [4.69, 9.17) is 5.14 Å². The van der Waals surface area contributed by atoms with Gasteiger partial charge in [0.15, 0.2) is 0 Å². The first-order valence-corrected chi connectivity index (χ1v) is 4.23. The molecule has 0 saturated heterocycles. The van der Waals surface area contributed by atoms with Crippen LogP contribution in [0.1, 0.15) is 6.92 Å². The van der Waals surface area contributed by atoms with E-state index < -0.39 is 10.2 Å². The molecule has 0 aromatic rings. The lowest BCUT2D eigenvalue weighted by Gasteiger charge is -2.12. The van der Waals surface area contributed by atoms with E-state index in [2.05, 4.69) is 6.58 Å². The van der Waals surface area contributed by atoms with Crippen LogP contribution in [0.3, 0.4) is 0 Å². The molecule has 0 fully saturated rings. The summed E-state index contributed by atoms with van der Waals surface area (Å²) in [7, 11) is -2.12. The van der Waals surface area contributed by atoms with E-state index in [1.807, 2.05) is 0 Å². The molecule has 0 saturated carbocycles. The van der Waals surface area contributed by atoms with Gasteiger partial charge in [-0.3, -0.25) is 0 Å². The molecule has 0 aromatic carbocycles. The van der Waals surface area contributed by atoms with Crippen molar-refractivity contribution in [3.05, 3.63) is 12.2 Å². The Kier molecular flexibility index (Phi) is 3.01. The quantitative estimate of drug-likeness (QED) is 0.582. The molecule has 0 rings (SSSR count). The molecule has 4 nitrogen and oxygen atoms in total. The molecular weight excluding hydrogens is 152 g/mol. The van der Waals surface area contributed by atoms with Crippen LogP contribution in [0.2, 0.25) is 0 Å². The van der Waals surface area contributed by atoms with Gasteiger partial charge in [0.1, 0.15) is 0 Å². The second kappa shape index (κ2) is 3.14. The first-order chi connectivity index (χ1) is 4.34. The largest absolute Gasteiger partial charge is 0.276 e. The molecular formula is C5H12N2O2S. The highest BCUT2D eigenvalue weighted by molar-refractivity contribution is 7.86. The normalized spacial score (nSPS) is 12.0. The minimum absolute atomic E-state index is 0.277. The molecule has 0 aliphatic carbocycles. The van der Waals surface area contributed by atoms with E-state index in [-0.39, 0.29) is 6.54 Å². The molecule has 0 spiro atoms. The van der Waals surface area contributed by atoms with Gasteiger partial charge in [-0.25, -0.2) is 5.14 Å². The van der Waals surface area contributed by atoms with E-state index in [0.29, 0.717) is 0 Å². The summed E-state index contributed by atoms with van der Waals surface area (Å²) in [6.07, 6.45) is 0. The summed E-state index contributed by atoms with van der Waals surface area (Å²) in [5.74, 6) is 0. The zero-order valence-electron chi connectivity index (χ0n) is 6.16. The van der Waals surface area contributed by atoms with Crippen LogP contribution >= 0.6 is 0 Å². The van der Waals surface area contributed by atoms with E-state index in [9.17, 15) is 8.42 Å². The third kappa shape index (κ3) is 3.60. The number of likely N-dealkylation sites (N-methyl/N-ethyl adjacent to an activating group) is 1. The van der Waals surface area contributed by atoms with Crippen LogP contribution in [0.4, 0.5) is 0 Å². The molecule has 0 heterocycles. The predicted octanol–water partition coefficient (Wildman–Crippen LogP) is -0.302. The molecule has 2 N–H and O–H groups in total. The molecule has 0 bridgehead atoms. The van der Waals surface area contributed by atoms with Crippen molar-refractivity contribution in [1.82, 2.24) is 4.31 Å². The van der Waals surface area contributed by atoms with Gasteiger partial charge in [0.25, 0.3) is 10.2 Å². The summed E-state index contributed by atoms with van der Waals surface area (Å²) in [5.41, 5.74) is 0.761. The summed E-state index contributed by atoms with van der Waals surface area (Å²) in [4.78, 5) is 0. The predicted molar refractivity (Wildman–Crippen MR) is 40.6 cm³/mol. The Morgan fingerprint density at radius 2 is 2.10 bits per heavy atom. The smallest absolute Gasteiger partial charge is 0.216 e. The van der Waals surface area contributed by atoms with Gasteiger partial charge in [-0.1, -0.05) is 12.2 Å². The monoisotopic (exact) mass is 164 g/mol. The minimum atomic E-state index is -3.53. The third-order valence-corrected chi connectivity index (χ3v) is 1.92. The van der Waals surface area contributed by atoms with Crippen molar-refractivity contribution in [2.24, 2.45) is 5.14 Å². The molecule has 0 atom stereocenters. The zero-order valence-corrected chi connectivity index (χ0v) is 6.98. The maximum atomic E-state index is 10.5. The van der Waals surface area contributed by atoms with E-state index in [0.717, 1.165) is 9.88 Å². The van der Waals surface area contributed by atoms with E-state index in [1.165, 1.54) is 7.05 Å². The van der Waals surface area contributed by atoms with Gasteiger partial charge in [0.05, 0.1) is 0 Å². The van der Waals surface area contributed by atoms with Crippen LogP contribution in [0.5, 0.6) is 0 Å². The second-order valence-corrected chi connectivity index (χ2v) is 3.91. The maximum absolute atomic E-state index is 10.5. The molecule has 0 amide bonds. The fourth-order valence-corrected chi connectivity index (χ4v) is 0.870. The topological polar surface area (TPSA) is 63.4 Å². The Bertz CT molecular complexity index is 220. The zero-order chi connectivity index (χ0) is 8.36. The van der Waals surface area contributed by atoms with E-state index in [1.54, 1.807) is 6.92 Å². The van der Waals surface area contributed by atoms with Crippen molar-refractivity contribution < 1.29 is 8.42 Å². The van der Waals surface area contributed by atoms with Gasteiger partial charge in [-0.2, -0.15) is 12.7 Å². The fourth-order valence-electron chi connectivity index (χ4n) is 0.470. The van der Waals surface area contributed by atoms with Gasteiger partial charge in [0.2, 0.25) is 0 Å². The average molecular weight is 164 g/mol. The van der Waals surface area contributed by atoms with Gasteiger partial charge >= 0.3 is 0 Å². The lowest BCUT2D eigenvalue weighted by Crippen LogP contribution is -2.34. The first-order valence-electron chi connectivity index (χ1n) is 2.72. The van der Waals surface area contributed by atoms with Crippen LogP contribution in [0, 0.1) is 0 Å². The van der Waals surface area contributed by atoms with Crippen molar-refractivity contribution >= 4 is 10.2 Å². The Morgan fingerprint density at radius 1 is 1.70 bits per heavy atom. The van der Waals surface area contributed by atoms with Crippen molar-refractivity contribution in [2.45, 2.75) is 6.92 Å². The van der Waals surface area contributed by atoms with Crippen LogP contribution < -0.4 is 5.14 Å². The Hall–Kier alpha value is -0.390. The third-order valence-electron chi connectivity index (χ3n) is 0.927. The summed E-state index contributed by atoms with van der Waals surface area (Å²) in [6, 6.07) is 0. The van der Waals surface area contributed by atoms with Crippen molar-refractivity contribution in [3.8, 4) is 0 Å². The Balaban J connectivity index is 4.12. The highest BCUT2D eigenvalue weighted by Gasteiger charge is 2.09. The number of nitrogens with zero attached hydrogens (tertiary/aromatic N) is 1. The molecule has 5 heteroatoms. The van der Waals surface area contributed by atoms with Crippen LogP contribution in [-0.4, -0.2) is 26.3 Å². The Morgan fingerprint density at radius 3 is 2.20 bits per heavy atom. The molecule has 0 radical (unpaired) electrons. The SMILES string of the molecule is C=C(C)CN(C)S(N)(=O)=O. The first kappa shape index (κ1) is 9.61. The number of hydrogen-bond donors (Lipinski definition) is 1. The summed E-state index contributed by atoms with van der Waals surface area (Å²) in [5, 5.41) is 4.78. The standard InChI is InChI=1S/C5H12N2O2S/c1-5(2)4-7(3)10(6,8)9/h1,4H2,2-3H3,(H2,6,8,9). The molecule has 10 heavy (non-hydrogen) atoms. The minimum Gasteiger partial charge on any atom is -0.216 e. The molecule has 0 aliphatic heterocycles. The van der Waals surface area contributed by atoms with Gasteiger partial charge in [0, 0.05) is 13.6 Å². The number of rotatable bonds is 3. The summed E-state index contributed by atoms with van der Waals surface area (Å²) in [6.45, 7) is 5.56. The van der Waals surface area contributed by atoms with Crippen molar-refractivity contribution in [2.75, 3.05) is 13.6 Å². The van der Waals surface area contributed by atoms with Gasteiger partial charge < -0.3 is 0 Å². The summed E-state index contributed by atoms with van der Waals surface area (Å²) >= 11 is 0. The highest BCUT2D eigenvalue weighted by Crippen LogP contribution is 1.94. The number of hydrogen-bond acceptors (Lipinski definition) is 2. The van der Waals surface area contributed by atoms with Gasteiger partial charge in [-0.15, -0.1) is 0 Å². The van der Waals surface area contributed by atoms with Crippen molar-refractivity contribution in [3.63, 3.8) is 0 Å². The van der Waals surface area contributed by atoms with Crippen LogP contribution in [0.25, 0.3) is 0 Å². The highest BCUT2D eigenvalue weighted by atomic mass is 32.2. The molecule has 60 valence electrons. The Labute approximate surface area is 61.5 Å². The lowest BCUT2D eigenvalue weighted by atomic mass is 10.4. The maximum Gasteiger partial charge on any atom is 0.276 e. The second-order valence-electron chi connectivity index (χ2n) is 2.26. The summed E-state index contributed by atoms with van der Waals surface area (Å²) < 4.78 is 22.1. The van der Waals surface area contributed by atoms with Crippen molar-refractivity contribution in [1.29, 1.82) is 0 Å². The van der Waals surface area contributed by atoms with Crippen LogP contribution in [0.15, 0.2) is 12.2 Å². The molecule has 0 unspecified atom stereocenters.